The van der Waals surface area contributed by atoms with Crippen LogP contribution in [-0.4, -0.2) is 35.1 Å². The summed E-state index contributed by atoms with van der Waals surface area (Å²) in [4.78, 5) is 0. The van der Waals surface area contributed by atoms with E-state index in [0.29, 0.717) is 0 Å². The molecule has 0 aromatic carbocycles. The number of aliphatic hydroxyl groups is 2. The second-order valence-electron chi connectivity index (χ2n) is 3.16. The minimum absolute atomic E-state index is 0. The Morgan fingerprint density at radius 2 is 1.00 bits per heavy atom. The van der Waals surface area contributed by atoms with Gasteiger partial charge in [-0.15, -0.1) is 6.10 Å². The molecular weight excluding hydrogens is 220 g/mol. The number of hydrogen-bond donors (Lipinski definition) is 2. The smallest absolute Gasteiger partial charge is 0.855 e. The summed E-state index contributed by atoms with van der Waals surface area (Å²) in [6, 6.07) is 0. The molecule has 0 heterocycles. The Balaban J connectivity index is -0.0000000522. The van der Waals surface area contributed by atoms with Gasteiger partial charge in [0, 0.05) is 12.2 Å². The van der Waals surface area contributed by atoms with E-state index < -0.39 is 12.7 Å². The summed E-state index contributed by atoms with van der Waals surface area (Å²) >= 11 is 0. The van der Waals surface area contributed by atoms with Gasteiger partial charge in [0.05, 0.1) is 0 Å². The predicted molar refractivity (Wildman–Crippen MR) is 49.0 cm³/mol. The van der Waals surface area contributed by atoms with E-state index in [4.69, 9.17) is 10.2 Å². The van der Waals surface area contributed by atoms with Gasteiger partial charge in [0.25, 0.3) is 0 Å². The van der Waals surface area contributed by atoms with Crippen molar-refractivity contribution in [1.29, 1.82) is 0 Å². The minimum Gasteiger partial charge on any atom is -0.855 e. The zero-order valence-electron chi connectivity index (χ0n) is 9.65. The first-order valence-electron chi connectivity index (χ1n) is 4.34. The van der Waals surface area contributed by atoms with Crippen LogP contribution in [0, 0.1) is 0 Å². The fourth-order valence-electron chi connectivity index (χ4n) is 0. The van der Waals surface area contributed by atoms with Crippen molar-refractivity contribution in [2.24, 2.45) is 0 Å². The van der Waals surface area contributed by atoms with Crippen molar-refractivity contribution < 1.29 is 42.1 Å². The molecule has 0 aliphatic rings. The molecule has 5 heteroatoms. The van der Waals surface area contributed by atoms with Gasteiger partial charge < -0.3 is 20.4 Å². The van der Waals surface area contributed by atoms with E-state index in [1.54, 1.807) is 27.7 Å². The normalized spacial score (nSPS) is 10.5. The van der Waals surface area contributed by atoms with Crippen molar-refractivity contribution in [2.75, 3.05) is 6.61 Å². The molecule has 0 saturated carbocycles. The summed E-state index contributed by atoms with van der Waals surface area (Å²) in [6.07, 6.45) is -1.25. The van der Waals surface area contributed by atoms with Gasteiger partial charge in [-0.25, -0.2) is 0 Å². The molecular formula is C9H22O4Ti. The van der Waals surface area contributed by atoms with E-state index in [-0.39, 0.29) is 33.9 Å². The molecule has 1 unspecified atom stereocenters. The molecule has 0 spiro atoms. The molecule has 0 aromatic heterocycles. The summed E-state index contributed by atoms with van der Waals surface area (Å²) in [6.45, 7) is 7.74. The molecule has 0 aliphatic carbocycles. The van der Waals surface area contributed by atoms with Crippen molar-refractivity contribution >= 4 is 0 Å². The molecule has 2 N–H and O–H groups in total. The molecule has 1 atom stereocenters. The van der Waals surface area contributed by atoms with Crippen LogP contribution in [0.1, 0.15) is 34.6 Å². The Kier molecular flexibility index (Phi) is 32.9. The molecule has 0 aliphatic heterocycles. The summed E-state index contributed by atoms with van der Waals surface area (Å²) in [7, 11) is 0. The van der Waals surface area contributed by atoms with Crippen LogP contribution in [0.5, 0.6) is 0 Å². The molecule has 0 amide bonds. The Bertz CT molecular complexity index is 65.7. The monoisotopic (exact) mass is 242 g/mol. The average molecular weight is 242 g/mol. The van der Waals surface area contributed by atoms with Crippen LogP contribution in [0.4, 0.5) is 0 Å². The molecule has 86 valence electrons. The molecule has 14 heavy (non-hydrogen) atoms. The van der Waals surface area contributed by atoms with Gasteiger partial charge in [0.1, 0.15) is 0 Å². The van der Waals surface area contributed by atoms with Crippen molar-refractivity contribution in [3.05, 3.63) is 0 Å². The standard InChI is InChI=1S/C3H6O2.2C3H8O.Ti/c1-3(5)2-4;2*1-3(2)4;/h3H,2H2,1H3;2*3-4H,1-2H3;/q-2;;;+2. The topological polar surface area (TPSA) is 86.6 Å². The summed E-state index contributed by atoms with van der Waals surface area (Å²) in [5, 5.41) is 35.0. The fourth-order valence-corrected chi connectivity index (χ4v) is 0. The zero-order valence-corrected chi connectivity index (χ0v) is 11.2. The third-order valence-electron chi connectivity index (χ3n) is 0.235. The van der Waals surface area contributed by atoms with E-state index in [9.17, 15) is 10.2 Å². The molecule has 0 saturated heterocycles. The van der Waals surface area contributed by atoms with Gasteiger partial charge >= 0.3 is 21.7 Å². The predicted octanol–water partition coefficient (Wildman–Crippen LogP) is -1.13. The first kappa shape index (κ1) is 24.0. The number of hydrogen-bond acceptors (Lipinski definition) is 4. The van der Waals surface area contributed by atoms with Crippen LogP contribution in [0.25, 0.3) is 0 Å². The average Bonchev–Trinajstić information content (AvgIpc) is 1.84. The minimum atomic E-state index is -0.921. The van der Waals surface area contributed by atoms with Crippen LogP contribution in [0.15, 0.2) is 0 Å². The Morgan fingerprint density at radius 3 is 1.00 bits per heavy atom. The fraction of sp³-hybridized carbons (Fsp3) is 1.00. The maximum absolute atomic E-state index is 9.58. The van der Waals surface area contributed by atoms with Crippen LogP contribution < -0.4 is 10.2 Å². The van der Waals surface area contributed by atoms with Gasteiger partial charge in [-0.2, -0.15) is 6.61 Å². The van der Waals surface area contributed by atoms with Gasteiger partial charge in [-0.05, 0) is 27.7 Å². The van der Waals surface area contributed by atoms with Crippen LogP contribution in [0.2, 0.25) is 0 Å². The Hall–Kier alpha value is 0.554. The third-order valence-corrected chi connectivity index (χ3v) is 0.235. The van der Waals surface area contributed by atoms with E-state index >= 15 is 0 Å². The summed E-state index contributed by atoms with van der Waals surface area (Å²) in [5.41, 5.74) is 0. The van der Waals surface area contributed by atoms with Gasteiger partial charge in [-0.3, -0.25) is 0 Å². The van der Waals surface area contributed by atoms with Gasteiger partial charge in [-0.1, -0.05) is 6.92 Å². The Labute approximate surface area is 102 Å². The van der Waals surface area contributed by atoms with Crippen LogP contribution >= 0.6 is 0 Å². The molecule has 0 bridgehead atoms. The van der Waals surface area contributed by atoms with Crippen molar-refractivity contribution in [1.82, 2.24) is 0 Å². The zero-order chi connectivity index (χ0) is 11.4. The first-order valence-corrected chi connectivity index (χ1v) is 4.34. The van der Waals surface area contributed by atoms with E-state index in [2.05, 4.69) is 0 Å². The number of aliphatic hydroxyl groups excluding tert-OH is 2. The maximum atomic E-state index is 9.58. The second kappa shape index (κ2) is 19.2. The summed E-state index contributed by atoms with van der Waals surface area (Å²) in [5.74, 6) is 0. The summed E-state index contributed by atoms with van der Waals surface area (Å²) < 4.78 is 0. The third kappa shape index (κ3) is 257. The Morgan fingerprint density at radius 1 is 0.929 bits per heavy atom. The molecule has 0 aromatic rings. The van der Waals surface area contributed by atoms with Gasteiger partial charge in [0.15, 0.2) is 0 Å². The van der Waals surface area contributed by atoms with E-state index in [1.807, 2.05) is 0 Å². The quantitative estimate of drug-likeness (QED) is 0.569. The van der Waals surface area contributed by atoms with Crippen LogP contribution in [0.3, 0.4) is 0 Å². The van der Waals surface area contributed by atoms with Gasteiger partial charge in [0.2, 0.25) is 0 Å². The molecule has 0 fully saturated rings. The van der Waals surface area contributed by atoms with Crippen molar-refractivity contribution in [2.45, 2.75) is 52.9 Å². The molecule has 0 rings (SSSR count). The SMILES string of the molecule is CC(C)O.CC(C)O.CC([O-])C[O-].[Ti+2]. The van der Waals surface area contributed by atoms with E-state index in [1.165, 1.54) is 6.92 Å². The van der Waals surface area contributed by atoms with Crippen molar-refractivity contribution in [3.8, 4) is 0 Å². The molecule has 4 nitrogen and oxygen atoms in total. The second-order valence-corrected chi connectivity index (χ2v) is 3.16. The number of rotatable bonds is 1. The van der Waals surface area contributed by atoms with E-state index in [0.717, 1.165) is 0 Å². The van der Waals surface area contributed by atoms with Crippen molar-refractivity contribution in [3.63, 3.8) is 0 Å². The molecule has 0 radical (unpaired) electrons. The first-order chi connectivity index (χ1) is 5.73. The van der Waals surface area contributed by atoms with Crippen LogP contribution in [-0.2, 0) is 21.7 Å². The largest absolute Gasteiger partial charge is 2.00 e. The maximum Gasteiger partial charge on any atom is 2.00 e.